The van der Waals surface area contributed by atoms with E-state index in [0.717, 1.165) is 12.8 Å². The summed E-state index contributed by atoms with van der Waals surface area (Å²) in [6, 6.07) is 6.35. The highest BCUT2D eigenvalue weighted by Crippen LogP contribution is 2.37. The van der Waals surface area contributed by atoms with E-state index in [1.807, 2.05) is 6.92 Å². The molecule has 16 heavy (non-hydrogen) atoms. The molecular formula is C12H17FN2O. The number of rotatable bonds is 3. The predicted molar refractivity (Wildman–Crippen MR) is 60.1 cm³/mol. The Morgan fingerprint density at radius 3 is 2.81 bits per heavy atom. The third-order valence-corrected chi connectivity index (χ3v) is 3.24. The van der Waals surface area contributed by atoms with E-state index in [1.54, 1.807) is 18.2 Å². The van der Waals surface area contributed by atoms with E-state index in [9.17, 15) is 4.39 Å². The summed E-state index contributed by atoms with van der Waals surface area (Å²) in [6.07, 6.45) is 1.87. The van der Waals surface area contributed by atoms with E-state index in [0.29, 0.717) is 12.2 Å². The van der Waals surface area contributed by atoms with Crippen LogP contribution < -0.4 is 11.3 Å². The topological polar surface area (TPSA) is 47.3 Å². The molecule has 2 unspecified atom stereocenters. The average Bonchev–Trinajstić information content (AvgIpc) is 2.70. The Bertz CT molecular complexity index is 364. The third-order valence-electron chi connectivity index (χ3n) is 3.24. The molecule has 4 heteroatoms. The molecule has 0 aliphatic carbocycles. The standard InChI is InChI=1S/C12H17FN2O/c1-12(7-4-8-16-12)11(15-14)9-5-2-3-6-10(9)13/h2-3,5-6,11,15H,4,7-8,14H2,1H3. The largest absolute Gasteiger partial charge is 0.373 e. The first-order valence-corrected chi connectivity index (χ1v) is 5.52. The maximum Gasteiger partial charge on any atom is 0.128 e. The molecule has 2 atom stereocenters. The lowest BCUT2D eigenvalue weighted by molar-refractivity contribution is -0.0134. The highest BCUT2D eigenvalue weighted by atomic mass is 19.1. The lowest BCUT2D eigenvalue weighted by atomic mass is 9.88. The summed E-state index contributed by atoms with van der Waals surface area (Å²) in [6.45, 7) is 2.68. The monoisotopic (exact) mass is 224 g/mol. The molecule has 88 valence electrons. The Hall–Kier alpha value is -0.970. The van der Waals surface area contributed by atoms with Crippen molar-refractivity contribution in [2.45, 2.75) is 31.4 Å². The molecule has 2 rings (SSSR count). The fraction of sp³-hybridized carbons (Fsp3) is 0.500. The van der Waals surface area contributed by atoms with Gasteiger partial charge in [0.25, 0.3) is 0 Å². The number of nitrogens with one attached hydrogen (secondary N) is 1. The molecule has 0 aromatic heterocycles. The molecular weight excluding hydrogens is 207 g/mol. The quantitative estimate of drug-likeness (QED) is 0.609. The van der Waals surface area contributed by atoms with Crippen molar-refractivity contribution in [2.24, 2.45) is 5.84 Å². The molecule has 0 amide bonds. The van der Waals surface area contributed by atoms with Gasteiger partial charge in [0.1, 0.15) is 5.82 Å². The highest BCUT2D eigenvalue weighted by molar-refractivity contribution is 5.24. The Labute approximate surface area is 94.8 Å². The zero-order valence-corrected chi connectivity index (χ0v) is 9.37. The fourth-order valence-corrected chi connectivity index (χ4v) is 2.33. The van der Waals surface area contributed by atoms with Gasteiger partial charge in [0, 0.05) is 12.2 Å². The number of hydrazine groups is 1. The van der Waals surface area contributed by atoms with E-state index >= 15 is 0 Å². The van der Waals surface area contributed by atoms with E-state index < -0.39 is 5.60 Å². The van der Waals surface area contributed by atoms with Gasteiger partial charge in [-0.25, -0.2) is 9.82 Å². The molecule has 1 heterocycles. The van der Waals surface area contributed by atoms with Gasteiger partial charge >= 0.3 is 0 Å². The molecule has 1 aromatic carbocycles. The second-order valence-corrected chi connectivity index (χ2v) is 4.39. The van der Waals surface area contributed by atoms with Crippen LogP contribution in [0.15, 0.2) is 24.3 Å². The van der Waals surface area contributed by atoms with Crippen LogP contribution >= 0.6 is 0 Å². The number of halogens is 1. The Morgan fingerprint density at radius 1 is 1.50 bits per heavy atom. The molecule has 0 radical (unpaired) electrons. The Balaban J connectivity index is 2.32. The number of hydrogen-bond donors (Lipinski definition) is 2. The SMILES string of the molecule is CC1(C(NN)c2ccccc2F)CCCO1. The summed E-state index contributed by atoms with van der Waals surface area (Å²) in [5, 5.41) is 0. The maximum absolute atomic E-state index is 13.7. The van der Waals surface area contributed by atoms with Crippen LogP contribution in [0.4, 0.5) is 4.39 Å². The van der Waals surface area contributed by atoms with Crippen molar-refractivity contribution in [1.29, 1.82) is 0 Å². The summed E-state index contributed by atoms with van der Waals surface area (Å²) < 4.78 is 19.4. The van der Waals surface area contributed by atoms with Gasteiger partial charge in [-0.15, -0.1) is 0 Å². The van der Waals surface area contributed by atoms with Crippen LogP contribution in [0.5, 0.6) is 0 Å². The van der Waals surface area contributed by atoms with Crippen LogP contribution in [0, 0.1) is 5.82 Å². The first-order valence-electron chi connectivity index (χ1n) is 5.52. The van der Waals surface area contributed by atoms with Crippen LogP contribution in [-0.4, -0.2) is 12.2 Å². The second kappa shape index (κ2) is 4.49. The minimum Gasteiger partial charge on any atom is -0.373 e. The van der Waals surface area contributed by atoms with Crippen LogP contribution in [0.3, 0.4) is 0 Å². The fourth-order valence-electron chi connectivity index (χ4n) is 2.33. The van der Waals surface area contributed by atoms with Gasteiger partial charge in [-0.3, -0.25) is 5.84 Å². The van der Waals surface area contributed by atoms with Gasteiger partial charge in [-0.1, -0.05) is 18.2 Å². The lowest BCUT2D eigenvalue weighted by Gasteiger charge is -2.33. The molecule has 3 N–H and O–H groups in total. The van der Waals surface area contributed by atoms with Gasteiger partial charge < -0.3 is 4.74 Å². The van der Waals surface area contributed by atoms with E-state index in [2.05, 4.69) is 5.43 Å². The number of ether oxygens (including phenoxy) is 1. The number of hydrogen-bond acceptors (Lipinski definition) is 3. The summed E-state index contributed by atoms with van der Waals surface area (Å²) >= 11 is 0. The Morgan fingerprint density at radius 2 is 2.25 bits per heavy atom. The molecule has 1 aromatic rings. The maximum atomic E-state index is 13.7. The van der Waals surface area contributed by atoms with Crippen molar-refractivity contribution < 1.29 is 9.13 Å². The molecule has 0 bridgehead atoms. The van der Waals surface area contributed by atoms with Gasteiger partial charge in [-0.05, 0) is 25.8 Å². The smallest absolute Gasteiger partial charge is 0.128 e. The first kappa shape index (κ1) is 11.5. The van der Waals surface area contributed by atoms with Gasteiger partial charge in [0.05, 0.1) is 11.6 Å². The van der Waals surface area contributed by atoms with Crippen LogP contribution in [0.1, 0.15) is 31.4 Å². The molecule has 0 spiro atoms. The minimum atomic E-state index is -0.420. The third kappa shape index (κ3) is 1.96. The van der Waals surface area contributed by atoms with Crippen molar-refractivity contribution in [3.05, 3.63) is 35.6 Å². The van der Waals surface area contributed by atoms with Gasteiger partial charge in [-0.2, -0.15) is 0 Å². The summed E-state index contributed by atoms with van der Waals surface area (Å²) in [4.78, 5) is 0. The first-order chi connectivity index (χ1) is 7.67. The highest BCUT2D eigenvalue weighted by Gasteiger charge is 2.39. The van der Waals surface area contributed by atoms with Crippen molar-refractivity contribution in [2.75, 3.05) is 6.61 Å². The summed E-state index contributed by atoms with van der Waals surface area (Å²) in [7, 11) is 0. The van der Waals surface area contributed by atoms with Crippen LogP contribution in [0.25, 0.3) is 0 Å². The second-order valence-electron chi connectivity index (χ2n) is 4.39. The molecule has 3 nitrogen and oxygen atoms in total. The minimum absolute atomic E-state index is 0.248. The number of benzene rings is 1. The molecule has 1 fully saturated rings. The molecule has 1 aliphatic rings. The zero-order chi connectivity index (χ0) is 11.6. The van der Waals surface area contributed by atoms with Crippen molar-refractivity contribution in [1.82, 2.24) is 5.43 Å². The summed E-state index contributed by atoms with van der Waals surface area (Å²) in [5.41, 5.74) is 2.82. The van der Waals surface area contributed by atoms with Crippen LogP contribution in [0.2, 0.25) is 0 Å². The predicted octanol–water partition coefficient (Wildman–Crippen LogP) is 1.90. The molecule has 1 saturated heterocycles. The Kier molecular flexibility index (Phi) is 3.23. The van der Waals surface area contributed by atoms with Crippen molar-refractivity contribution in [3.63, 3.8) is 0 Å². The molecule has 0 saturated carbocycles. The van der Waals surface area contributed by atoms with Gasteiger partial charge in [0.2, 0.25) is 0 Å². The van der Waals surface area contributed by atoms with E-state index in [-0.39, 0.29) is 11.9 Å². The lowest BCUT2D eigenvalue weighted by Crippen LogP contribution is -2.44. The van der Waals surface area contributed by atoms with Crippen molar-refractivity contribution >= 4 is 0 Å². The zero-order valence-electron chi connectivity index (χ0n) is 9.37. The van der Waals surface area contributed by atoms with Crippen molar-refractivity contribution in [3.8, 4) is 0 Å². The van der Waals surface area contributed by atoms with E-state index in [4.69, 9.17) is 10.6 Å². The summed E-state index contributed by atoms with van der Waals surface area (Å²) in [5.74, 6) is 5.29. The average molecular weight is 224 g/mol. The van der Waals surface area contributed by atoms with E-state index in [1.165, 1.54) is 6.07 Å². The van der Waals surface area contributed by atoms with Gasteiger partial charge in [0.15, 0.2) is 0 Å². The number of nitrogens with two attached hydrogens (primary N) is 1. The molecule has 1 aliphatic heterocycles. The van der Waals surface area contributed by atoms with Crippen LogP contribution in [-0.2, 0) is 4.74 Å². The normalized spacial score (nSPS) is 26.9.